The first-order chi connectivity index (χ1) is 12.0. The average Bonchev–Trinajstić information content (AvgIpc) is 2.56. The predicted molar refractivity (Wildman–Crippen MR) is 99.4 cm³/mol. The van der Waals surface area contributed by atoms with Crippen LogP contribution in [0, 0.1) is 10.1 Å². The number of nitrogens with one attached hydrogen (secondary N) is 2. The van der Waals surface area contributed by atoms with Gasteiger partial charge in [-0.1, -0.05) is 33.6 Å². The van der Waals surface area contributed by atoms with Crippen molar-refractivity contribution >= 4 is 44.9 Å². The van der Waals surface area contributed by atoms with E-state index in [0.29, 0.717) is 36.0 Å². The summed E-state index contributed by atoms with van der Waals surface area (Å²) in [5, 5.41) is 16.4. The quantitative estimate of drug-likeness (QED) is 0.383. The Morgan fingerprint density at radius 2 is 2.08 bits per heavy atom. The van der Waals surface area contributed by atoms with Crippen molar-refractivity contribution in [3.63, 3.8) is 0 Å². The van der Waals surface area contributed by atoms with Crippen LogP contribution in [-0.4, -0.2) is 24.1 Å². The van der Waals surface area contributed by atoms with Crippen molar-refractivity contribution < 1.29 is 14.5 Å². The Labute approximate surface area is 157 Å². The molecule has 0 bridgehead atoms. The molecule has 0 aliphatic heterocycles. The Kier molecular flexibility index (Phi) is 7.03. The lowest BCUT2D eigenvalue weighted by atomic mass is 10.3. The molecule has 25 heavy (non-hydrogen) atoms. The first-order valence-electron chi connectivity index (χ1n) is 7.33. The van der Waals surface area contributed by atoms with E-state index in [1.165, 1.54) is 18.2 Å². The van der Waals surface area contributed by atoms with Gasteiger partial charge in [0.25, 0.3) is 5.69 Å². The first kappa shape index (κ1) is 19.0. The van der Waals surface area contributed by atoms with Crippen LogP contribution in [0.3, 0.4) is 0 Å². The molecule has 0 fully saturated rings. The van der Waals surface area contributed by atoms with Crippen molar-refractivity contribution in [1.29, 1.82) is 0 Å². The summed E-state index contributed by atoms with van der Waals surface area (Å²) in [6, 6.07) is 10.6. The topological polar surface area (TPSA) is 93.5 Å². The minimum absolute atomic E-state index is 0.0856. The van der Waals surface area contributed by atoms with Crippen LogP contribution < -0.4 is 15.4 Å². The number of urea groups is 1. The van der Waals surface area contributed by atoms with E-state index in [0.717, 1.165) is 4.47 Å². The monoisotopic (exact) mass is 427 g/mol. The van der Waals surface area contributed by atoms with Crippen molar-refractivity contribution in [2.75, 3.05) is 18.5 Å². The van der Waals surface area contributed by atoms with E-state index in [4.69, 9.17) is 16.3 Å². The van der Waals surface area contributed by atoms with E-state index in [9.17, 15) is 14.9 Å². The second-order valence-corrected chi connectivity index (χ2v) is 6.29. The zero-order chi connectivity index (χ0) is 18.2. The van der Waals surface area contributed by atoms with Crippen LogP contribution >= 0.6 is 27.5 Å². The van der Waals surface area contributed by atoms with Crippen LogP contribution in [0.25, 0.3) is 0 Å². The summed E-state index contributed by atoms with van der Waals surface area (Å²) in [4.78, 5) is 21.9. The van der Waals surface area contributed by atoms with E-state index < -0.39 is 11.0 Å². The minimum atomic E-state index is -0.520. The van der Waals surface area contributed by atoms with Crippen molar-refractivity contribution in [2.45, 2.75) is 6.42 Å². The number of anilines is 1. The van der Waals surface area contributed by atoms with Crippen LogP contribution in [-0.2, 0) is 0 Å². The molecule has 0 heterocycles. The van der Waals surface area contributed by atoms with Gasteiger partial charge in [-0.05, 0) is 30.7 Å². The number of carbonyl (C=O) groups is 1. The lowest BCUT2D eigenvalue weighted by molar-refractivity contribution is -0.384. The van der Waals surface area contributed by atoms with E-state index >= 15 is 0 Å². The number of benzene rings is 2. The Morgan fingerprint density at radius 3 is 2.80 bits per heavy atom. The third-order valence-electron chi connectivity index (χ3n) is 3.07. The number of hydrogen-bond donors (Lipinski definition) is 2. The molecule has 2 aromatic carbocycles. The standard InChI is InChI=1S/C16H15BrClN3O4/c17-11-5-6-15(14(18)9-11)25-8-2-7-19-16(22)20-12-3-1-4-13(10-12)21(23)24/h1,3-6,9-10H,2,7-8H2,(H2,19,20,22). The zero-order valence-corrected chi connectivity index (χ0v) is 15.3. The SMILES string of the molecule is O=C(NCCCOc1ccc(Br)cc1Cl)Nc1cccc([N+](=O)[O-])c1. The number of nitro benzene ring substituents is 1. The Bertz CT molecular complexity index is 773. The van der Waals surface area contributed by atoms with Crippen molar-refractivity contribution in [2.24, 2.45) is 0 Å². The molecule has 0 saturated carbocycles. The number of hydrogen-bond acceptors (Lipinski definition) is 4. The van der Waals surface area contributed by atoms with Gasteiger partial charge in [0.2, 0.25) is 0 Å². The largest absolute Gasteiger partial charge is 0.492 e. The Hall–Kier alpha value is -2.32. The molecule has 2 N–H and O–H groups in total. The van der Waals surface area contributed by atoms with E-state index in [-0.39, 0.29) is 5.69 Å². The third kappa shape index (κ3) is 6.24. The molecule has 9 heteroatoms. The molecule has 2 amide bonds. The second kappa shape index (κ2) is 9.24. The third-order valence-corrected chi connectivity index (χ3v) is 3.86. The van der Waals surface area contributed by atoms with Crippen LogP contribution in [0.1, 0.15) is 6.42 Å². The van der Waals surface area contributed by atoms with Gasteiger partial charge in [0.05, 0.1) is 16.6 Å². The Balaban J connectivity index is 1.70. The number of nitrogens with zero attached hydrogens (tertiary/aromatic N) is 1. The average molecular weight is 429 g/mol. The molecule has 0 aliphatic carbocycles. The van der Waals surface area contributed by atoms with Crippen molar-refractivity contribution in [1.82, 2.24) is 5.32 Å². The van der Waals surface area contributed by atoms with Crippen LogP contribution in [0.5, 0.6) is 5.75 Å². The van der Waals surface area contributed by atoms with E-state index in [1.807, 2.05) is 6.07 Å². The van der Waals surface area contributed by atoms with Gasteiger partial charge in [0.15, 0.2) is 0 Å². The van der Waals surface area contributed by atoms with Gasteiger partial charge in [-0.3, -0.25) is 10.1 Å². The molecule has 0 spiro atoms. The lowest BCUT2D eigenvalue weighted by Gasteiger charge is -2.10. The minimum Gasteiger partial charge on any atom is -0.492 e. The summed E-state index contributed by atoms with van der Waals surface area (Å²) in [7, 11) is 0. The first-order valence-corrected chi connectivity index (χ1v) is 8.50. The molecule has 2 aromatic rings. The maximum Gasteiger partial charge on any atom is 0.319 e. The van der Waals surface area contributed by atoms with Gasteiger partial charge in [0.1, 0.15) is 5.75 Å². The van der Waals surface area contributed by atoms with Gasteiger partial charge >= 0.3 is 6.03 Å². The fourth-order valence-corrected chi connectivity index (χ4v) is 2.65. The maximum atomic E-state index is 11.8. The van der Waals surface area contributed by atoms with Gasteiger partial charge in [-0.15, -0.1) is 0 Å². The smallest absolute Gasteiger partial charge is 0.319 e. The number of carbonyl (C=O) groups excluding carboxylic acids is 1. The summed E-state index contributed by atoms with van der Waals surface area (Å²) < 4.78 is 6.40. The molecular formula is C16H15BrClN3O4. The fraction of sp³-hybridized carbons (Fsp3) is 0.188. The van der Waals surface area contributed by atoms with Gasteiger partial charge in [0, 0.05) is 28.8 Å². The summed E-state index contributed by atoms with van der Waals surface area (Å²) >= 11 is 9.35. The molecule has 0 aromatic heterocycles. The van der Waals surface area contributed by atoms with Crippen LogP contribution in [0.15, 0.2) is 46.9 Å². The Morgan fingerprint density at radius 1 is 1.28 bits per heavy atom. The summed E-state index contributed by atoms with van der Waals surface area (Å²) in [5.74, 6) is 0.575. The molecule has 0 atom stereocenters. The molecule has 132 valence electrons. The molecule has 0 saturated heterocycles. The highest BCUT2D eigenvalue weighted by Crippen LogP contribution is 2.27. The van der Waals surface area contributed by atoms with Crippen molar-refractivity contribution in [3.8, 4) is 5.75 Å². The van der Waals surface area contributed by atoms with Gasteiger partial charge in [-0.25, -0.2) is 4.79 Å². The predicted octanol–water partition coefficient (Wildman–Crippen LogP) is 4.60. The van der Waals surface area contributed by atoms with Gasteiger partial charge < -0.3 is 15.4 Å². The summed E-state index contributed by atoms with van der Waals surface area (Å²) in [5.41, 5.74) is 0.266. The molecular weight excluding hydrogens is 414 g/mol. The number of non-ortho nitro benzene ring substituents is 1. The normalized spacial score (nSPS) is 10.2. The summed E-state index contributed by atoms with van der Waals surface area (Å²) in [6.45, 7) is 0.771. The second-order valence-electron chi connectivity index (χ2n) is 4.97. The molecule has 0 radical (unpaired) electrons. The molecule has 0 aliphatic rings. The molecule has 0 unspecified atom stereocenters. The van der Waals surface area contributed by atoms with Crippen LogP contribution in [0.2, 0.25) is 5.02 Å². The molecule has 2 rings (SSSR count). The van der Waals surface area contributed by atoms with E-state index in [1.54, 1.807) is 18.2 Å². The lowest BCUT2D eigenvalue weighted by Crippen LogP contribution is -2.30. The number of ether oxygens (including phenoxy) is 1. The van der Waals surface area contributed by atoms with Crippen molar-refractivity contribution in [3.05, 3.63) is 62.1 Å². The van der Waals surface area contributed by atoms with Crippen LogP contribution in [0.4, 0.5) is 16.2 Å². The highest BCUT2D eigenvalue weighted by Gasteiger charge is 2.08. The number of rotatable bonds is 7. The maximum absolute atomic E-state index is 11.8. The summed E-state index contributed by atoms with van der Waals surface area (Å²) in [6.07, 6.45) is 0.578. The zero-order valence-electron chi connectivity index (χ0n) is 13.0. The highest BCUT2D eigenvalue weighted by molar-refractivity contribution is 9.10. The number of halogens is 2. The number of nitro groups is 1. The number of amides is 2. The fourth-order valence-electron chi connectivity index (χ4n) is 1.92. The molecule has 7 nitrogen and oxygen atoms in total. The highest BCUT2D eigenvalue weighted by atomic mass is 79.9. The van der Waals surface area contributed by atoms with Gasteiger partial charge in [-0.2, -0.15) is 0 Å². The van der Waals surface area contributed by atoms with E-state index in [2.05, 4.69) is 26.6 Å².